The van der Waals surface area contributed by atoms with Gasteiger partial charge in [0, 0.05) is 26.1 Å². The molecule has 0 heterocycles. The van der Waals surface area contributed by atoms with Gasteiger partial charge in [0.25, 0.3) is 0 Å². The summed E-state index contributed by atoms with van der Waals surface area (Å²) < 4.78 is 5.12. The van der Waals surface area contributed by atoms with Crippen LogP contribution in [0.1, 0.15) is 25.3 Å². The Labute approximate surface area is 123 Å². The average Bonchev–Trinajstić information content (AvgIpc) is 2.45. The highest BCUT2D eigenvalue weighted by molar-refractivity contribution is 5.83. The van der Waals surface area contributed by atoms with E-state index in [4.69, 9.17) is 9.84 Å². The molecule has 0 aliphatic rings. The number of amides is 1. The third-order valence-corrected chi connectivity index (χ3v) is 2.91. The molecular formula is C15H21NO5. The van der Waals surface area contributed by atoms with Crippen LogP contribution in [0.3, 0.4) is 0 Å². The number of ether oxygens (including phenoxy) is 1. The number of rotatable bonds is 9. The summed E-state index contributed by atoms with van der Waals surface area (Å²) in [6.45, 7) is 2.96. The van der Waals surface area contributed by atoms with Crippen LogP contribution in [0.4, 0.5) is 0 Å². The molecule has 0 fully saturated rings. The van der Waals surface area contributed by atoms with Crippen LogP contribution in [-0.4, -0.2) is 41.3 Å². The Morgan fingerprint density at radius 1 is 1.29 bits per heavy atom. The number of aromatic hydroxyl groups is 1. The molecule has 6 nitrogen and oxygen atoms in total. The first-order valence-electron chi connectivity index (χ1n) is 6.90. The predicted octanol–water partition coefficient (Wildman–Crippen LogP) is 1.32. The maximum Gasteiger partial charge on any atom is 0.326 e. The first-order valence-corrected chi connectivity index (χ1v) is 6.90. The van der Waals surface area contributed by atoms with Crippen molar-refractivity contribution >= 4 is 11.9 Å². The third kappa shape index (κ3) is 6.76. The molecule has 21 heavy (non-hydrogen) atoms. The molecular weight excluding hydrogens is 274 g/mol. The molecule has 3 N–H and O–H groups in total. The van der Waals surface area contributed by atoms with Crippen molar-refractivity contribution < 1.29 is 24.5 Å². The normalized spacial score (nSPS) is 11.9. The quantitative estimate of drug-likeness (QED) is 0.597. The van der Waals surface area contributed by atoms with E-state index in [1.807, 2.05) is 6.92 Å². The summed E-state index contributed by atoms with van der Waals surface area (Å²) in [4.78, 5) is 22.9. The van der Waals surface area contributed by atoms with Gasteiger partial charge in [0.2, 0.25) is 5.91 Å². The number of phenols is 1. The van der Waals surface area contributed by atoms with Crippen LogP contribution in [0, 0.1) is 0 Å². The molecule has 0 saturated heterocycles. The van der Waals surface area contributed by atoms with Gasteiger partial charge in [0.1, 0.15) is 11.8 Å². The third-order valence-electron chi connectivity index (χ3n) is 2.91. The number of nitrogens with one attached hydrogen (secondary N) is 1. The highest BCUT2D eigenvalue weighted by Gasteiger charge is 2.20. The van der Waals surface area contributed by atoms with Crippen LogP contribution in [0.25, 0.3) is 0 Å². The standard InChI is InChI=1S/C15H21NO5/c1-2-21-9-3-4-14(18)16-13(15(19)20)10-11-5-7-12(17)8-6-11/h5-8,13,17H,2-4,9-10H2,1H3,(H,16,18)(H,19,20)/t13-/m0/s1. The molecule has 0 aliphatic heterocycles. The van der Waals surface area contributed by atoms with Crippen molar-refractivity contribution in [2.75, 3.05) is 13.2 Å². The topological polar surface area (TPSA) is 95.9 Å². The minimum Gasteiger partial charge on any atom is -0.508 e. The predicted molar refractivity (Wildman–Crippen MR) is 77.1 cm³/mol. The second-order valence-corrected chi connectivity index (χ2v) is 4.63. The second kappa shape index (κ2) is 8.97. The van der Waals surface area contributed by atoms with E-state index in [1.54, 1.807) is 12.1 Å². The van der Waals surface area contributed by atoms with Gasteiger partial charge in [0.15, 0.2) is 0 Å². The molecule has 1 aromatic rings. The van der Waals surface area contributed by atoms with E-state index in [2.05, 4.69) is 5.32 Å². The van der Waals surface area contributed by atoms with E-state index >= 15 is 0 Å². The van der Waals surface area contributed by atoms with Gasteiger partial charge in [-0.3, -0.25) is 4.79 Å². The molecule has 1 aromatic carbocycles. The molecule has 6 heteroatoms. The average molecular weight is 295 g/mol. The van der Waals surface area contributed by atoms with Gasteiger partial charge in [-0.2, -0.15) is 0 Å². The van der Waals surface area contributed by atoms with Gasteiger partial charge in [-0.05, 0) is 31.0 Å². The van der Waals surface area contributed by atoms with Crippen molar-refractivity contribution in [1.29, 1.82) is 0 Å². The Morgan fingerprint density at radius 3 is 2.52 bits per heavy atom. The maximum absolute atomic E-state index is 11.7. The number of carboxylic acids is 1. The van der Waals surface area contributed by atoms with Gasteiger partial charge in [-0.25, -0.2) is 4.79 Å². The minimum atomic E-state index is -1.08. The zero-order chi connectivity index (χ0) is 15.7. The minimum absolute atomic E-state index is 0.116. The lowest BCUT2D eigenvalue weighted by molar-refractivity contribution is -0.141. The molecule has 1 amide bonds. The van der Waals surface area contributed by atoms with Crippen molar-refractivity contribution in [1.82, 2.24) is 5.32 Å². The van der Waals surface area contributed by atoms with Gasteiger partial charge in [-0.1, -0.05) is 12.1 Å². The molecule has 0 saturated carbocycles. The number of hydrogen-bond acceptors (Lipinski definition) is 4. The van der Waals surface area contributed by atoms with Gasteiger partial charge in [-0.15, -0.1) is 0 Å². The number of carboxylic acid groups (broad SMARTS) is 1. The van der Waals surface area contributed by atoms with Crippen molar-refractivity contribution in [2.45, 2.75) is 32.2 Å². The number of aliphatic carboxylic acids is 1. The van der Waals surface area contributed by atoms with Crippen molar-refractivity contribution in [3.8, 4) is 5.75 Å². The molecule has 0 spiro atoms. The summed E-state index contributed by atoms with van der Waals surface area (Å²) in [6, 6.07) is 5.25. The highest BCUT2D eigenvalue weighted by Crippen LogP contribution is 2.11. The Balaban J connectivity index is 2.48. The second-order valence-electron chi connectivity index (χ2n) is 4.63. The fourth-order valence-electron chi connectivity index (χ4n) is 1.81. The van der Waals surface area contributed by atoms with Gasteiger partial charge in [0.05, 0.1) is 0 Å². The molecule has 0 radical (unpaired) electrons. The zero-order valence-electron chi connectivity index (χ0n) is 12.0. The van der Waals surface area contributed by atoms with Gasteiger partial charge >= 0.3 is 5.97 Å². The number of benzene rings is 1. The monoisotopic (exact) mass is 295 g/mol. The molecule has 1 rings (SSSR count). The number of carbonyl (C=O) groups excluding carboxylic acids is 1. The van der Waals surface area contributed by atoms with Crippen LogP contribution in [-0.2, 0) is 20.7 Å². The van der Waals surface area contributed by atoms with E-state index < -0.39 is 12.0 Å². The summed E-state index contributed by atoms with van der Waals surface area (Å²) in [6.07, 6.45) is 0.970. The van der Waals surface area contributed by atoms with E-state index in [9.17, 15) is 14.7 Å². The van der Waals surface area contributed by atoms with Crippen LogP contribution >= 0.6 is 0 Å². The van der Waals surface area contributed by atoms with Crippen LogP contribution in [0.2, 0.25) is 0 Å². The summed E-state index contributed by atoms with van der Waals surface area (Å²) in [7, 11) is 0. The Bertz CT molecular complexity index is 458. The molecule has 0 aromatic heterocycles. The number of carbonyl (C=O) groups is 2. The maximum atomic E-state index is 11.7. The van der Waals surface area contributed by atoms with E-state index in [0.717, 1.165) is 5.56 Å². The SMILES string of the molecule is CCOCCCC(=O)N[C@@H](Cc1ccc(O)cc1)C(=O)O. The van der Waals surface area contributed by atoms with E-state index in [-0.39, 0.29) is 24.5 Å². The molecule has 0 unspecified atom stereocenters. The highest BCUT2D eigenvalue weighted by atomic mass is 16.5. The van der Waals surface area contributed by atoms with Crippen molar-refractivity contribution in [2.24, 2.45) is 0 Å². The smallest absolute Gasteiger partial charge is 0.326 e. The lowest BCUT2D eigenvalue weighted by Crippen LogP contribution is -2.42. The summed E-state index contributed by atoms with van der Waals surface area (Å²) in [5.74, 6) is -1.27. The fourth-order valence-corrected chi connectivity index (χ4v) is 1.81. The molecule has 0 bridgehead atoms. The molecule has 116 valence electrons. The first kappa shape index (κ1) is 17.0. The van der Waals surface area contributed by atoms with Gasteiger partial charge < -0.3 is 20.3 Å². The Hall–Kier alpha value is -2.08. The van der Waals surface area contributed by atoms with E-state index in [1.165, 1.54) is 12.1 Å². The first-order chi connectivity index (χ1) is 10.0. The lowest BCUT2D eigenvalue weighted by Gasteiger charge is -2.14. The molecule has 0 aliphatic carbocycles. The number of hydrogen-bond donors (Lipinski definition) is 3. The van der Waals surface area contributed by atoms with Crippen molar-refractivity contribution in [3.05, 3.63) is 29.8 Å². The van der Waals surface area contributed by atoms with Crippen LogP contribution in [0.15, 0.2) is 24.3 Å². The Kier molecular flexibility index (Phi) is 7.25. The van der Waals surface area contributed by atoms with Crippen molar-refractivity contribution in [3.63, 3.8) is 0 Å². The largest absolute Gasteiger partial charge is 0.508 e. The van der Waals surface area contributed by atoms with Crippen LogP contribution in [0.5, 0.6) is 5.75 Å². The molecule has 1 atom stereocenters. The summed E-state index contributed by atoms with van der Waals surface area (Å²) in [5.41, 5.74) is 0.731. The summed E-state index contributed by atoms with van der Waals surface area (Å²) >= 11 is 0. The zero-order valence-corrected chi connectivity index (χ0v) is 12.0. The van der Waals surface area contributed by atoms with Crippen LogP contribution < -0.4 is 5.32 Å². The lowest BCUT2D eigenvalue weighted by atomic mass is 10.1. The Morgan fingerprint density at radius 2 is 1.95 bits per heavy atom. The van der Waals surface area contributed by atoms with E-state index in [0.29, 0.717) is 19.6 Å². The number of phenolic OH excluding ortho intramolecular Hbond substituents is 1. The fraction of sp³-hybridized carbons (Fsp3) is 0.467. The summed E-state index contributed by atoms with van der Waals surface area (Å²) in [5, 5.41) is 20.8.